The van der Waals surface area contributed by atoms with Crippen LogP contribution in [0.3, 0.4) is 0 Å². The van der Waals surface area contributed by atoms with Crippen molar-refractivity contribution in [2.45, 2.75) is 25.3 Å². The molecule has 18 heavy (non-hydrogen) atoms. The van der Waals surface area contributed by atoms with Crippen molar-refractivity contribution in [2.24, 2.45) is 0 Å². The van der Waals surface area contributed by atoms with E-state index in [9.17, 15) is 0 Å². The average molecular weight is 242 g/mol. The molecule has 2 nitrogen and oxygen atoms in total. The van der Waals surface area contributed by atoms with E-state index in [2.05, 4.69) is 53.4 Å². The fourth-order valence-electron chi connectivity index (χ4n) is 2.67. The maximum Gasteiger partial charge on any atom is 0.0574 e. The van der Waals surface area contributed by atoms with E-state index in [0.29, 0.717) is 18.5 Å². The van der Waals surface area contributed by atoms with Gasteiger partial charge in [0.2, 0.25) is 0 Å². The van der Waals surface area contributed by atoms with E-state index in [-0.39, 0.29) is 0 Å². The Bertz CT molecular complexity index is 393. The largest absolute Gasteiger partial charge is 0.305 e. The van der Waals surface area contributed by atoms with Gasteiger partial charge >= 0.3 is 0 Å². The van der Waals surface area contributed by atoms with Gasteiger partial charge in [0.25, 0.3) is 0 Å². The van der Waals surface area contributed by atoms with E-state index >= 15 is 0 Å². The van der Waals surface area contributed by atoms with E-state index in [4.69, 9.17) is 6.42 Å². The number of nitrogens with zero attached hydrogens (tertiary/aromatic N) is 1. The monoisotopic (exact) mass is 242 g/mol. The number of nitrogens with one attached hydrogen (secondary N) is 1. The van der Waals surface area contributed by atoms with Gasteiger partial charge in [-0.15, -0.1) is 6.42 Å². The van der Waals surface area contributed by atoms with E-state index in [0.717, 1.165) is 6.54 Å². The summed E-state index contributed by atoms with van der Waals surface area (Å²) in [5.74, 6) is 3.31. The Hall–Kier alpha value is -1.30. The standard InChI is InChI=1S/C16H22N2/c1-3-10-17-12-14(2)18-11-9-16(13-18)15-7-5-4-6-8-15/h1,4-8,14,16-17H,9-13H2,2H3. The summed E-state index contributed by atoms with van der Waals surface area (Å²) in [6.07, 6.45) is 6.51. The van der Waals surface area contributed by atoms with E-state index in [1.165, 1.54) is 25.1 Å². The molecule has 2 rings (SSSR count). The lowest BCUT2D eigenvalue weighted by Gasteiger charge is -2.24. The molecule has 0 saturated carbocycles. The van der Waals surface area contributed by atoms with Crippen LogP contribution in [0.2, 0.25) is 0 Å². The van der Waals surface area contributed by atoms with Gasteiger partial charge in [-0.05, 0) is 31.4 Å². The summed E-state index contributed by atoms with van der Waals surface area (Å²) >= 11 is 0. The maximum atomic E-state index is 5.24. The fourth-order valence-corrected chi connectivity index (χ4v) is 2.67. The van der Waals surface area contributed by atoms with Crippen molar-refractivity contribution in [1.82, 2.24) is 10.2 Å². The van der Waals surface area contributed by atoms with Crippen LogP contribution in [0, 0.1) is 12.3 Å². The van der Waals surface area contributed by atoms with Crippen molar-refractivity contribution in [1.29, 1.82) is 0 Å². The van der Waals surface area contributed by atoms with Crippen molar-refractivity contribution in [3.63, 3.8) is 0 Å². The zero-order valence-electron chi connectivity index (χ0n) is 11.1. The fraction of sp³-hybridized carbons (Fsp3) is 0.500. The van der Waals surface area contributed by atoms with Crippen molar-refractivity contribution >= 4 is 0 Å². The molecule has 0 radical (unpaired) electrons. The molecule has 2 heteroatoms. The SMILES string of the molecule is C#CCNCC(C)N1CCC(c2ccccc2)C1. The lowest BCUT2D eigenvalue weighted by Crippen LogP contribution is -2.39. The molecular formula is C16H22N2. The van der Waals surface area contributed by atoms with Gasteiger partial charge in [0.1, 0.15) is 0 Å². The molecule has 1 aromatic rings. The first-order valence-corrected chi connectivity index (χ1v) is 6.74. The van der Waals surface area contributed by atoms with Crippen LogP contribution in [0.1, 0.15) is 24.8 Å². The highest BCUT2D eigenvalue weighted by atomic mass is 15.2. The van der Waals surface area contributed by atoms with Gasteiger partial charge in [0.15, 0.2) is 0 Å². The van der Waals surface area contributed by atoms with Crippen LogP contribution < -0.4 is 5.32 Å². The van der Waals surface area contributed by atoms with E-state index < -0.39 is 0 Å². The van der Waals surface area contributed by atoms with Crippen LogP contribution in [0.25, 0.3) is 0 Å². The van der Waals surface area contributed by atoms with Gasteiger partial charge in [0.05, 0.1) is 6.54 Å². The molecule has 0 aliphatic carbocycles. The molecule has 0 bridgehead atoms. The third kappa shape index (κ3) is 3.35. The minimum atomic E-state index is 0.562. The van der Waals surface area contributed by atoms with Gasteiger partial charge in [-0.25, -0.2) is 0 Å². The number of likely N-dealkylation sites (tertiary alicyclic amines) is 1. The van der Waals surface area contributed by atoms with Crippen LogP contribution in [-0.4, -0.2) is 37.1 Å². The zero-order chi connectivity index (χ0) is 12.8. The lowest BCUT2D eigenvalue weighted by atomic mass is 9.99. The van der Waals surface area contributed by atoms with Crippen molar-refractivity contribution < 1.29 is 0 Å². The van der Waals surface area contributed by atoms with Crippen LogP contribution in [0.5, 0.6) is 0 Å². The summed E-state index contributed by atoms with van der Waals surface area (Å²) in [6, 6.07) is 11.4. The minimum absolute atomic E-state index is 0.562. The van der Waals surface area contributed by atoms with Gasteiger partial charge < -0.3 is 5.32 Å². The van der Waals surface area contributed by atoms with Crippen LogP contribution >= 0.6 is 0 Å². The first-order chi connectivity index (χ1) is 8.81. The summed E-state index contributed by atoms with van der Waals surface area (Å²) in [5.41, 5.74) is 1.48. The van der Waals surface area contributed by atoms with Crippen LogP contribution in [-0.2, 0) is 0 Å². The number of hydrogen-bond donors (Lipinski definition) is 1. The lowest BCUT2D eigenvalue weighted by molar-refractivity contribution is 0.251. The molecule has 0 aromatic heterocycles. The Morgan fingerprint density at radius 2 is 2.22 bits per heavy atom. The highest BCUT2D eigenvalue weighted by Crippen LogP contribution is 2.27. The summed E-state index contributed by atoms with van der Waals surface area (Å²) in [5, 5.41) is 3.29. The van der Waals surface area contributed by atoms with Crippen molar-refractivity contribution in [3.05, 3.63) is 35.9 Å². The molecule has 1 aliphatic rings. The third-order valence-electron chi connectivity index (χ3n) is 3.78. The van der Waals surface area contributed by atoms with E-state index in [1.807, 2.05) is 0 Å². The van der Waals surface area contributed by atoms with Crippen LogP contribution in [0.4, 0.5) is 0 Å². The molecule has 1 heterocycles. The Morgan fingerprint density at radius 3 is 2.94 bits per heavy atom. The molecule has 2 unspecified atom stereocenters. The molecule has 1 aromatic carbocycles. The van der Waals surface area contributed by atoms with Crippen molar-refractivity contribution in [2.75, 3.05) is 26.2 Å². The van der Waals surface area contributed by atoms with Gasteiger partial charge in [-0.3, -0.25) is 4.90 Å². The summed E-state index contributed by atoms with van der Waals surface area (Å²) in [6.45, 7) is 6.28. The zero-order valence-corrected chi connectivity index (χ0v) is 11.1. The van der Waals surface area contributed by atoms with Gasteiger partial charge in [-0.1, -0.05) is 36.3 Å². The molecule has 1 fully saturated rings. The third-order valence-corrected chi connectivity index (χ3v) is 3.78. The Morgan fingerprint density at radius 1 is 1.44 bits per heavy atom. The first kappa shape index (κ1) is 13.1. The van der Waals surface area contributed by atoms with Gasteiger partial charge in [-0.2, -0.15) is 0 Å². The second-order valence-corrected chi connectivity index (χ2v) is 5.08. The van der Waals surface area contributed by atoms with E-state index in [1.54, 1.807) is 0 Å². The normalized spacial score (nSPS) is 21.7. The molecule has 2 atom stereocenters. The highest BCUT2D eigenvalue weighted by Gasteiger charge is 2.26. The summed E-state index contributed by atoms with van der Waals surface area (Å²) in [7, 11) is 0. The second kappa shape index (κ2) is 6.58. The first-order valence-electron chi connectivity index (χ1n) is 6.74. The molecule has 0 spiro atoms. The number of benzene rings is 1. The Kier molecular flexibility index (Phi) is 4.81. The average Bonchev–Trinajstić information content (AvgIpc) is 2.89. The molecule has 0 amide bonds. The number of rotatable bonds is 5. The van der Waals surface area contributed by atoms with Crippen LogP contribution in [0.15, 0.2) is 30.3 Å². The molecule has 1 saturated heterocycles. The summed E-state index contributed by atoms with van der Waals surface area (Å²) in [4.78, 5) is 2.56. The second-order valence-electron chi connectivity index (χ2n) is 5.08. The molecule has 96 valence electrons. The van der Waals surface area contributed by atoms with Gasteiger partial charge in [0, 0.05) is 19.1 Å². The molecule has 1 N–H and O–H groups in total. The minimum Gasteiger partial charge on any atom is -0.305 e. The van der Waals surface area contributed by atoms with Crippen molar-refractivity contribution in [3.8, 4) is 12.3 Å². The maximum absolute atomic E-state index is 5.24. The predicted molar refractivity (Wildman–Crippen MR) is 76.5 cm³/mol. The molecular weight excluding hydrogens is 220 g/mol. The number of hydrogen-bond acceptors (Lipinski definition) is 2. The molecule has 1 aliphatic heterocycles. The topological polar surface area (TPSA) is 15.3 Å². The predicted octanol–water partition coefficient (Wildman–Crippen LogP) is 2.09. The quantitative estimate of drug-likeness (QED) is 0.628. The highest BCUT2D eigenvalue weighted by molar-refractivity contribution is 5.21. The number of terminal acetylenes is 1. The Balaban J connectivity index is 1.83. The summed E-state index contributed by atoms with van der Waals surface area (Å²) < 4.78 is 0. The smallest absolute Gasteiger partial charge is 0.0574 e. The Labute approximate surface area is 110 Å².